The minimum Gasteiger partial charge on any atom is -0.362 e. The van der Waals surface area contributed by atoms with Gasteiger partial charge in [0.1, 0.15) is 0 Å². The van der Waals surface area contributed by atoms with Gasteiger partial charge < -0.3 is 4.90 Å². The van der Waals surface area contributed by atoms with E-state index in [1.54, 1.807) is 0 Å². The maximum Gasteiger partial charge on any atom is 0.0775 e. The van der Waals surface area contributed by atoms with Crippen LogP contribution in [0.3, 0.4) is 0 Å². The number of rotatable bonds is 10. The van der Waals surface area contributed by atoms with E-state index in [4.69, 9.17) is 0 Å². The Labute approximate surface area is 238 Å². The van der Waals surface area contributed by atoms with Crippen LogP contribution >= 0.6 is 15.8 Å². The Morgan fingerprint density at radius 3 is 1.03 bits per heavy atom. The van der Waals surface area contributed by atoms with Gasteiger partial charge in [0.2, 0.25) is 0 Å². The van der Waals surface area contributed by atoms with Gasteiger partial charge in [-0.2, -0.15) is 0 Å². The van der Waals surface area contributed by atoms with E-state index in [0.29, 0.717) is 0 Å². The molecule has 0 aliphatic carbocycles. The molecule has 0 bridgehead atoms. The summed E-state index contributed by atoms with van der Waals surface area (Å²) in [5, 5.41) is 7.20. The monoisotopic (exact) mass is 561 g/mol. The van der Waals surface area contributed by atoms with Crippen molar-refractivity contribution < 1.29 is 0 Å². The van der Waals surface area contributed by atoms with Crippen LogP contribution in [0.1, 0.15) is 0 Å². The van der Waals surface area contributed by atoms with Crippen molar-refractivity contribution in [2.75, 3.05) is 17.5 Å². The predicted molar refractivity (Wildman–Crippen MR) is 180 cm³/mol. The third-order valence-electron chi connectivity index (χ3n) is 6.99. The highest BCUT2D eigenvalue weighted by Crippen LogP contribution is 2.41. The molecule has 5 aromatic rings. The summed E-state index contributed by atoms with van der Waals surface area (Å²) < 4.78 is 0. The molecule has 5 aromatic carbocycles. The molecule has 0 radical (unpaired) electrons. The Hall–Kier alpha value is -3.02. The molecule has 0 atom stereocenters. The van der Waals surface area contributed by atoms with E-state index in [9.17, 15) is 0 Å². The van der Waals surface area contributed by atoms with Gasteiger partial charge >= 0.3 is 0 Å². The van der Waals surface area contributed by atoms with Gasteiger partial charge in [-0.25, -0.2) is 0 Å². The largest absolute Gasteiger partial charge is 0.362 e. The van der Waals surface area contributed by atoms with Crippen LogP contribution in [0.2, 0.25) is 19.6 Å². The lowest BCUT2D eigenvalue weighted by molar-refractivity contribution is 1.05. The smallest absolute Gasteiger partial charge is 0.0775 e. The van der Waals surface area contributed by atoms with Gasteiger partial charge in [0, 0.05) is 18.3 Å². The highest BCUT2D eigenvalue weighted by Gasteiger charge is 2.24. The van der Waals surface area contributed by atoms with Gasteiger partial charge in [-0.05, 0) is 49.2 Å². The summed E-state index contributed by atoms with van der Waals surface area (Å²) in [5.41, 5.74) is 1.32. The molecule has 0 saturated carbocycles. The van der Waals surface area contributed by atoms with Gasteiger partial charge in [0.05, 0.1) is 8.07 Å². The highest BCUT2D eigenvalue weighted by molar-refractivity contribution is 7.74. The van der Waals surface area contributed by atoms with Crippen LogP contribution in [0, 0.1) is 0 Å². The van der Waals surface area contributed by atoms with Crippen LogP contribution in [0.5, 0.6) is 0 Å². The van der Waals surface area contributed by atoms with Crippen molar-refractivity contribution in [1.29, 1.82) is 0 Å². The van der Waals surface area contributed by atoms with Crippen molar-refractivity contribution in [3.05, 3.63) is 146 Å². The summed E-state index contributed by atoms with van der Waals surface area (Å²) >= 11 is 0. The van der Waals surface area contributed by atoms with Gasteiger partial charge in [-0.1, -0.05) is 158 Å². The van der Waals surface area contributed by atoms with E-state index in [-0.39, 0.29) is 0 Å². The Bertz CT molecular complexity index is 1260. The first kappa shape index (κ1) is 27.5. The molecular weight excluding hydrogens is 524 g/mol. The second kappa shape index (κ2) is 12.9. The molecule has 0 spiro atoms. The second-order valence-electron chi connectivity index (χ2n) is 10.8. The van der Waals surface area contributed by atoms with Crippen molar-refractivity contribution >= 4 is 56.0 Å². The van der Waals surface area contributed by atoms with Gasteiger partial charge in [-0.15, -0.1) is 0 Å². The van der Waals surface area contributed by atoms with Gasteiger partial charge in [0.15, 0.2) is 0 Å². The van der Waals surface area contributed by atoms with Crippen LogP contribution in [-0.4, -0.2) is 20.6 Å². The summed E-state index contributed by atoms with van der Waals surface area (Å²) in [5.74, 6) is 0. The molecule has 196 valence electrons. The lowest BCUT2D eigenvalue weighted by atomic mass is 10.3. The van der Waals surface area contributed by atoms with Crippen LogP contribution in [0.4, 0.5) is 5.69 Å². The molecule has 0 saturated heterocycles. The topological polar surface area (TPSA) is 3.24 Å². The van der Waals surface area contributed by atoms with Crippen molar-refractivity contribution in [3.63, 3.8) is 0 Å². The third-order valence-corrected chi connectivity index (χ3v) is 14.0. The third kappa shape index (κ3) is 7.14. The lowest BCUT2D eigenvalue weighted by Crippen LogP contribution is -2.38. The van der Waals surface area contributed by atoms with Gasteiger partial charge in [0.25, 0.3) is 0 Å². The second-order valence-corrected chi connectivity index (χ2v) is 20.2. The minimum atomic E-state index is -1.38. The lowest BCUT2D eigenvalue weighted by Gasteiger charge is -2.34. The van der Waals surface area contributed by atoms with E-state index in [2.05, 4.69) is 170 Å². The van der Waals surface area contributed by atoms with E-state index >= 15 is 0 Å². The molecule has 0 aliphatic heterocycles. The maximum absolute atomic E-state index is 2.67. The zero-order valence-electron chi connectivity index (χ0n) is 23.1. The minimum absolute atomic E-state index is 0.568. The van der Waals surface area contributed by atoms with Crippen LogP contribution in [-0.2, 0) is 0 Å². The highest BCUT2D eigenvalue weighted by atomic mass is 31.1. The van der Waals surface area contributed by atoms with E-state index < -0.39 is 23.9 Å². The molecular formula is C35H37NP2Si. The molecule has 0 N–H and O–H groups in total. The fourth-order valence-corrected chi connectivity index (χ4v) is 10.7. The summed E-state index contributed by atoms with van der Waals surface area (Å²) in [6.45, 7) is 7.27. The van der Waals surface area contributed by atoms with E-state index in [0.717, 1.165) is 12.6 Å². The first-order chi connectivity index (χ1) is 19.0. The molecule has 39 heavy (non-hydrogen) atoms. The van der Waals surface area contributed by atoms with Crippen molar-refractivity contribution in [3.8, 4) is 0 Å². The average Bonchev–Trinajstić information content (AvgIpc) is 2.99. The first-order valence-corrected chi connectivity index (χ1v) is 20.2. The molecule has 0 fully saturated rings. The van der Waals surface area contributed by atoms with Crippen molar-refractivity contribution in [2.24, 2.45) is 0 Å². The quantitative estimate of drug-likeness (QED) is 0.129. The number of nitrogens with zero attached hydrogens (tertiary/aromatic N) is 1. The van der Waals surface area contributed by atoms with Crippen LogP contribution in [0.15, 0.2) is 146 Å². The summed E-state index contributed by atoms with van der Waals surface area (Å²) in [7, 11) is -2.51. The van der Waals surface area contributed by atoms with Crippen molar-refractivity contribution in [2.45, 2.75) is 19.6 Å². The molecule has 1 nitrogen and oxygen atoms in total. The van der Waals surface area contributed by atoms with E-state index in [1.807, 2.05) is 0 Å². The average molecular weight is 562 g/mol. The predicted octanol–water partition coefficient (Wildman–Crippen LogP) is 7.22. The standard InChI is InChI=1S/C35H37NP2Si/c1-39(2,3)35-26-24-30(25-27-35)36(28-37(31-16-8-4-9-17-31)32-18-10-5-11-19-32)29-38(33-20-12-6-13-21-33)34-22-14-7-15-23-34/h4-27H,28-29H2,1-3H3. The number of hydrogen-bond donors (Lipinski definition) is 0. The molecule has 4 heteroatoms. The molecule has 0 unspecified atom stereocenters. The Morgan fingerprint density at radius 1 is 0.436 bits per heavy atom. The fraction of sp³-hybridized carbons (Fsp3) is 0.143. The van der Waals surface area contributed by atoms with E-state index in [1.165, 1.54) is 32.1 Å². The number of anilines is 1. The number of benzene rings is 5. The number of hydrogen-bond acceptors (Lipinski definition) is 1. The Morgan fingerprint density at radius 2 is 0.744 bits per heavy atom. The SMILES string of the molecule is C[Si](C)(C)c1ccc(N(CP(c2ccccc2)c2ccccc2)CP(c2ccccc2)c2ccccc2)cc1. The molecule has 5 rings (SSSR count). The molecule has 0 aromatic heterocycles. The normalized spacial score (nSPS) is 11.6. The zero-order chi connectivity index (χ0) is 27.1. The fourth-order valence-electron chi connectivity index (χ4n) is 4.78. The Balaban J connectivity index is 1.58. The zero-order valence-corrected chi connectivity index (χ0v) is 25.9. The Kier molecular flexibility index (Phi) is 9.10. The summed E-state index contributed by atoms with van der Waals surface area (Å²) in [6.07, 6.45) is 1.96. The maximum atomic E-state index is 2.67. The summed E-state index contributed by atoms with van der Waals surface area (Å²) in [4.78, 5) is 2.67. The molecule has 0 heterocycles. The molecule has 0 amide bonds. The summed E-state index contributed by atoms with van der Waals surface area (Å²) in [6, 6.07) is 53.9. The van der Waals surface area contributed by atoms with Crippen LogP contribution < -0.4 is 31.3 Å². The van der Waals surface area contributed by atoms with Crippen molar-refractivity contribution in [1.82, 2.24) is 0 Å². The van der Waals surface area contributed by atoms with Gasteiger partial charge in [-0.3, -0.25) is 0 Å². The first-order valence-electron chi connectivity index (χ1n) is 13.6. The molecule has 0 aliphatic rings. The van der Waals surface area contributed by atoms with Crippen LogP contribution in [0.25, 0.3) is 0 Å².